The fourth-order valence-corrected chi connectivity index (χ4v) is 1.41. The SMILES string of the molecule is CCCNc1ncnc(NCC(O)CC)c1[N+](=O)[O-]. The lowest BCUT2D eigenvalue weighted by atomic mass is 10.3. The summed E-state index contributed by atoms with van der Waals surface area (Å²) in [7, 11) is 0. The predicted molar refractivity (Wildman–Crippen MR) is 72.3 cm³/mol. The summed E-state index contributed by atoms with van der Waals surface area (Å²) in [6, 6.07) is 0. The third-order valence-corrected chi connectivity index (χ3v) is 2.52. The zero-order chi connectivity index (χ0) is 14.3. The Morgan fingerprint density at radius 1 is 1.37 bits per heavy atom. The molecule has 0 radical (unpaired) electrons. The van der Waals surface area contributed by atoms with Gasteiger partial charge in [-0.1, -0.05) is 13.8 Å². The van der Waals surface area contributed by atoms with Gasteiger partial charge in [-0.3, -0.25) is 10.1 Å². The molecule has 0 aliphatic heterocycles. The lowest BCUT2D eigenvalue weighted by molar-refractivity contribution is -0.383. The van der Waals surface area contributed by atoms with E-state index in [4.69, 9.17) is 0 Å². The van der Waals surface area contributed by atoms with E-state index < -0.39 is 11.0 Å². The Balaban J connectivity index is 2.92. The summed E-state index contributed by atoms with van der Waals surface area (Å²) in [6.07, 6.45) is 2.08. The Bertz CT molecular complexity index is 427. The molecule has 0 aliphatic rings. The molecule has 1 unspecified atom stereocenters. The van der Waals surface area contributed by atoms with Gasteiger partial charge in [-0.2, -0.15) is 0 Å². The maximum atomic E-state index is 11.1. The van der Waals surface area contributed by atoms with Crippen molar-refractivity contribution >= 4 is 17.3 Å². The van der Waals surface area contributed by atoms with E-state index in [2.05, 4.69) is 20.6 Å². The van der Waals surface area contributed by atoms with Crippen molar-refractivity contribution in [3.05, 3.63) is 16.4 Å². The number of aliphatic hydroxyl groups is 1. The summed E-state index contributed by atoms with van der Waals surface area (Å²) >= 11 is 0. The van der Waals surface area contributed by atoms with Crippen LogP contribution in [0.3, 0.4) is 0 Å². The summed E-state index contributed by atoms with van der Waals surface area (Å²) in [5.74, 6) is 0.307. The minimum Gasteiger partial charge on any atom is -0.391 e. The van der Waals surface area contributed by atoms with Gasteiger partial charge in [0.1, 0.15) is 6.33 Å². The van der Waals surface area contributed by atoms with Gasteiger partial charge in [0.2, 0.25) is 11.6 Å². The van der Waals surface area contributed by atoms with Gasteiger partial charge in [-0.15, -0.1) is 0 Å². The predicted octanol–water partition coefficient (Wildman–Crippen LogP) is 1.39. The first-order valence-corrected chi connectivity index (χ1v) is 6.25. The van der Waals surface area contributed by atoms with Gasteiger partial charge in [-0.05, 0) is 12.8 Å². The maximum Gasteiger partial charge on any atom is 0.353 e. The van der Waals surface area contributed by atoms with Gasteiger partial charge in [0, 0.05) is 13.1 Å². The monoisotopic (exact) mass is 269 g/mol. The van der Waals surface area contributed by atoms with Crippen molar-refractivity contribution in [2.24, 2.45) is 0 Å². The van der Waals surface area contributed by atoms with Crippen LogP contribution in [0.15, 0.2) is 6.33 Å². The average Bonchev–Trinajstić information content (AvgIpc) is 2.41. The van der Waals surface area contributed by atoms with Gasteiger partial charge < -0.3 is 15.7 Å². The van der Waals surface area contributed by atoms with E-state index in [1.165, 1.54) is 6.33 Å². The van der Waals surface area contributed by atoms with Crippen molar-refractivity contribution in [1.82, 2.24) is 9.97 Å². The molecule has 1 rings (SSSR count). The summed E-state index contributed by atoms with van der Waals surface area (Å²) in [5.41, 5.74) is -0.195. The Labute approximate surface area is 111 Å². The number of anilines is 2. The molecule has 0 amide bonds. The molecular weight excluding hydrogens is 250 g/mol. The molecule has 0 aromatic carbocycles. The van der Waals surface area contributed by atoms with Crippen molar-refractivity contribution in [2.75, 3.05) is 23.7 Å². The average molecular weight is 269 g/mol. The van der Waals surface area contributed by atoms with Crippen molar-refractivity contribution in [3.8, 4) is 0 Å². The molecule has 0 saturated carbocycles. The lowest BCUT2D eigenvalue weighted by Crippen LogP contribution is -2.20. The van der Waals surface area contributed by atoms with Crippen molar-refractivity contribution in [2.45, 2.75) is 32.8 Å². The van der Waals surface area contributed by atoms with E-state index >= 15 is 0 Å². The zero-order valence-electron chi connectivity index (χ0n) is 11.1. The second-order valence-corrected chi connectivity index (χ2v) is 4.05. The molecule has 19 heavy (non-hydrogen) atoms. The van der Waals surface area contributed by atoms with Crippen molar-refractivity contribution in [1.29, 1.82) is 0 Å². The van der Waals surface area contributed by atoms with Crippen LogP contribution < -0.4 is 10.6 Å². The Hall–Kier alpha value is -1.96. The van der Waals surface area contributed by atoms with Gasteiger partial charge in [0.25, 0.3) is 0 Å². The zero-order valence-corrected chi connectivity index (χ0v) is 11.1. The highest BCUT2D eigenvalue weighted by Gasteiger charge is 2.22. The number of rotatable bonds is 8. The summed E-state index contributed by atoms with van der Waals surface area (Å²) < 4.78 is 0. The van der Waals surface area contributed by atoms with Crippen molar-refractivity contribution in [3.63, 3.8) is 0 Å². The van der Waals surface area contributed by atoms with Crippen LogP contribution in [0.5, 0.6) is 0 Å². The minimum atomic E-state index is -0.568. The van der Waals surface area contributed by atoms with Crippen LogP contribution in [-0.4, -0.2) is 39.2 Å². The number of aromatic nitrogens is 2. The van der Waals surface area contributed by atoms with Gasteiger partial charge in [-0.25, -0.2) is 9.97 Å². The van der Waals surface area contributed by atoms with Crippen LogP contribution in [-0.2, 0) is 0 Å². The molecule has 0 saturated heterocycles. The molecule has 1 atom stereocenters. The van der Waals surface area contributed by atoms with Gasteiger partial charge >= 0.3 is 5.69 Å². The molecule has 0 bridgehead atoms. The molecule has 1 heterocycles. The molecular formula is C11H19N5O3. The molecule has 0 aliphatic carbocycles. The topological polar surface area (TPSA) is 113 Å². The van der Waals surface area contributed by atoms with E-state index in [0.29, 0.717) is 13.0 Å². The molecule has 0 fully saturated rings. The molecule has 3 N–H and O–H groups in total. The second kappa shape index (κ2) is 7.47. The summed E-state index contributed by atoms with van der Waals surface area (Å²) in [4.78, 5) is 18.3. The first kappa shape index (κ1) is 15.1. The van der Waals surface area contributed by atoms with Crippen LogP contribution in [0, 0.1) is 10.1 Å². The fraction of sp³-hybridized carbons (Fsp3) is 0.636. The maximum absolute atomic E-state index is 11.1. The number of aliphatic hydroxyl groups excluding tert-OH is 1. The van der Waals surface area contributed by atoms with Gasteiger partial charge in [0.15, 0.2) is 0 Å². The quantitative estimate of drug-likeness (QED) is 0.482. The van der Waals surface area contributed by atoms with E-state index in [1.54, 1.807) is 0 Å². The van der Waals surface area contributed by atoms with E-state index in [0.717, 1.165) is 6.42 Å². The smallest absolute Gasteiger partial charge is 0.353 e. The number of nitro groups is 1. The molecule has 8 nitrogen and oxygen atoms in total. The van der Waals surface area contributed by atoms with E-state index in [9.17, 15) is 15.2 Å². The summed E-state index contributed by atoms with van der Waals surface area (Å²) in [5, 5.41) is 26.2. The van der Waals surface area contributed by atoms with Gasteiger partial charge in [0.05, 0.1) is 11.0 Å². The highest BCUT2D eigenvalue weighted by Crippen LogP contribution is 2.28. The normalized spacial score (nSPS) is 11.9. The number of nitrogens with one attached hydrogen (secondary N) is 2. The summed E-state index contributed by atoms with van der Waals surface area (Å²) in [6.45, 7) is 4.59. The molecule has 106 valence electrons. The van der Waals surface area contributed by atoms with E-state index in [-0.39, 0.29) is 23.9 Å². The van der Waals surface area contributed by atoms with Crippen LogP contribution >= 0.6 is 0 Å². The minimum absolute atomic E-state index is 0.117. The van der Waals surface area contributed by atoms with Crippen LogP contribution in [0.25, 0.3) is 0 Å². The first-order valence-electron chi connectivity index (χ1n) is 6.25. The highest BCUT2D eigenvalue weighted by atomic mass is 16.6. The lowest BCUT2D eigenvalue weighted by Gasteiger charge is -2.11. The molecule has 0 spiro atoms. The highest BCUT2D eigenvalue weighted by molar-refractivity contribution is 5.69. The second-order valence-electron chi connectivity index (χ2n) is 4.05. The Morgan fingerprint density at radius 2 is 2.00 bits per heavy atom. The molecule has 1 aromatic rings. The Morgan fingerprint density at radius 3 is 2.53 bits per heavy atom. The number of nitrogens with zero attached hydrogens (tertiary/aromatic N) is 3. The molecule has 1 aromatic heterocycles. The van der Waals surface area contributed by atoms with Crippen LogP contribution in [0.4, 0.5) is 17.3 Å². The molecule has 8 heteroatoms. The van der Waals surface area contributed by atoms with Crippen LogP contribution in [0.1, 0.15) is 26.7 Å². The third kappa shape index (κ3) is 4.32. The standard InChI is InChI=1S/C11H19N5O3/c1-3-5-12-10-9(16(18)19)11(15-7-14-10)13-6-8(17)4-2/h7-8,17H,3-6H2,1-2H3,(H2,12,13,14,15). The van der Waals surface area contributed by atoms with Crippen molar-refractivity contribution < 1.29 is 10.0 Å². The third-order valence-electron chi connectivity index (χ3n) is 2.52. The fourth-order valence-electron chi connectivity index (χ4n) is 1.41. The van der Waals surface area contributed by atoms with Crippen LogP contribution in [0.2, 0.25) is 0 Å². The number of hydrogen-bond acceptors (Lipinski definition) is 7. The Kier molecular flexibility index (Phi) is 5.94. The first-order chi connectivity index (χ1) is 9.10. The van der Waals surface area contributed by atoms with E-state index in [1.807, 2.05) is 13.8 Å². The number of hydrogen-bond donors (Lipinski definition) is 3. The largest absolute Gasteiger partial charge is 0.391 e.